The zero-order valence-corrected chi connectivity index (χ0v) is 15.0. The Labute approximate surface area is 149 Å². The van der Waals surface area contributed by atoms with Crippen LogP contribution in [-0.4, -0.2) is 14.1 Å². The van der Waals surface area contributed by atoms with Gasteiger partial charge in [0.2, 0.25) is 0 Å². The Hall–Kier alpha value is -2.84. The summed E-state index contributed by atoms with van der Waals surface area (Å²) in [5.74, 6) is 0. The number of benzene rings is 3. The molecule has 1 aliphatic rings. The first kappa shape index (κ1) is 15.7. The van der Waals surface area contributed by atoms with Gasteiger partial charge in [-0.3, -0.25) is 4.48 Å². The largest absolute Gasteiger partial charge is 0.361 e. The van der Waals surface area contributed by atoms with Crippen molar-refractivity contribution in [1.29, 1.82) is 0 Å². The molecule has 0 aliphatic carbocycles. The maximum Gasteiger partial charge on any atom is 0.145 e. The lowest BCUT2D eigenvalue weighted by molar-refractivity contribution is 0.521. The molecule has 1 heterocycles. The van der Waals surface area contributed by atoms with Crippen LogP contribution in [0.1, 0.15) is 12.5 Å². The number of likely N-dealkylation sites (N-methyl/N-ethyl adjacent to an activating group) is 1. The van der Waals surface area contributed by atoms with Crippen LogP contribution in [0.15, 0.2) is 84.7 Å². The maximum atomic E-state index is 3.37. The van der Waals surface area contributed by atoms with Crippen molar-refractivity contribution < 1.29 is 0 Å². The van der Waals surface area contributed by atoms with Crippen LogP contribution in [0.5, 0.6) is 0 Å². The molecular formula is C23H23N2+. The summed E-state index contributed by atoms with van der Waals surface area (Å²) in [6.07, 6.45) is 4.25. The molecule has 0 spiro atoms. The highest BCUT2D eigenvalue weighted by Gasteiger charge is 2.37. The number of nitrogens with zero attached hydrogens (tertiary/aromatic N) is 1. The van der Waals surface area contributed by atoms with Crippen LogP contribution in [-0.2, 0) is 0 Å². The first-order valence-corrected chi connectivity index (χ1v) is 8.65. The summed E-state index contributed by atoms with van der Waals surface area (Å²) in [5.41, 5.74) is 6.50. The molecule has 3 aromatic carbocycles. The van der Waals surface area contributed by atoms with E-state index < -0.39 is 0 Å². The van der Waals surface area contributed by atoms with E-state index >= 15 is 0 Å². The van der Waals surface area contributed by atoms with Gasteiger partial charge in [-0.2, -0.15) is 0 Å². The monoisotopic (exact) mass is 327 g/mol. The first-order chi connectivity index (χ1) is 12.1. The molecule has 0 saturated heterocycles. The maximum absolute atomic E-state index is 3.37. The molecule has 2 nitrogen and oxygen atoms in total. The van der Waals surface area contributed by atoms with Crippen molar-refractivity contribution >= 4 is 27.7 Å². The zero-order chi connectivity index (χ0) is 17.4. The summed E-state index contributed by atoms with van der Waals surface area (Å²) >= 11 is 0. The SMILES string of the molecule is CC1=C(C=CNc2ccccc2)[N+](C)(C)c2ccc3ccccc3c21. The molecule has 0 bridgehead atoms. The summed E-state index contributed by atoms with van der Waals surface area (Å²) in [4.78, 5) is 0. The number of allylic oxidation sites excluding steroid dienone is 2. The molecular weight excluding hydrogens is 304 g/mol. The summed E-state index contributed by atoms with van der Waals surface area (Å²) in [5, 5.41) is 6.00. The summed E-state index contributed by atoms with van der Waals surface area (Å²) in [6.45, 7) is 2.24. The highest BCUT2D eigenvalue weighted by atomic mass is 15.3. The normalized spacial score (nSPS) is 15.8. The van der Waals surface area contributed by atoms with Crippen LogP contribution in [0.3, 0.4) is 0 Å². The number of para-hydroxylation sites is 1. The van der Waals surface area contributed by atoms with Gasteiger partial charge in [-0.25, -0.2) is 0 Å². The number of fused-ring (bicyclic) bond motifs is 3. The molecule has 1 aliphatic heterocycles. The van der Waals surface area contributed by atoms with E-state index in [1.165, 1.54) is 33.3 Å². The molecule has 1 N–H and O–H groups in total. The van der Waals surface area contributed by atoms with E-state index in [0.29, 0.717) is 0 Å². The van der Waals surface area contributed by atoms with Crippen molar-refractivity contribution in [3.05, 3.63) is 90.3 Å². The zero-order valence-electron chi connectivity index (χ0n) is 15.0. The molecule has 25 heavy (non-hydrogen) atoms. The number of hydrogen-bond acceptors (Lipinski definition) is 1. The van der Waals surface area contributed by atoms with Gasteiger partial charge in [0, 0.05) is 29.6 Å². The van der Waals surface area contributed by atoms with E-state index in [4.69, 9.17) is 0 Å². The average molecular weight is 327 g/mol. The Bertz CT molecular complexity index is 995. The van der Waals surface area contributed by atoms with Gasteiger partial charge in [-0.1, -0.05) is 42.5 Å². The molecule has 0 unspecified atom stereocenters. The molecule has 0 fully saturated rings. The van der Waals surface area contributed by atoms with Gasteiger partial charge in [0.1, 0.15) is 11.4 Å². The number of nitrogens with one attached hydrogen (secondary N) is 1. The third kappa shape index (κ3) is 2.55. The second kappa shape index (κ2) is 5.91. The van der Waals surface area contributed by atoms with Crippen molar-refractivity contribution in [3.8, 4) is 0 Å². The minimum Gasteiger partial charge on any atom is -0.361 e. The highest BCUT2D eigenvalue weighted by Crippen LogP contribution is 2.46. The number of anilines is 1. The van der Waals surface area contributed by atoms with E-state index in [2.05, 4.69) is 80.9 Å². The smallest absolute Gasteiger partial charge is 0.145 e. The molecule has 0 amide bonds. The summed E-state index contributed by atoms with van der Waals surface area (Å²) in [7, 11) is 4.51. The van der Waals surface area contributed by atoms with Crippen molar-refractivity contribution in [2.45, 2.75) is 6.92 Å². The molecule has 0 saturated carbocycles. The number of rotatable bonds is 3. The van der Waals surface area contributed by atoms with Gasteiger partial charge < -0.3 is 5.32 Å². The lowest BCUT2D eigenvalue weighted by Gasteiger charge is -2.26. The van der Waals surface area contributed by atoms with Crippen molar-refractivity contribution in [1.82, 2.24) is 4.48 Å². The minimum absolute atomic E-state index is 0.763. The van der Waals surface area contributed by atoms with Crippen LogP contribution in [0.4, 0.5) is 11.4 Å². The molecule has 0 atom stereocenters. The van der Waals surface area contributed by atoms with Crippen LogP contribution < -0.4 is 9.80 Å². The van der Waals surface area contributed by atoms with E-state index in [9.17, 15) is 0 Å². The van der Waals surface area contributed by atoms with Crippen LogP contribution >= 0.6 is 0 Å². The number of quaternary nitrogens is 1. The average Bonchev–Trinajstić information content (AvgIpc) is 2.83. The molecule has 2 heteroatoms. The lowest BCUT2D eigenvalue weighted by Crippen LogP contribution is -2.36. The molecule has 0 radical (unpaired) electrons. The van der Waals surface area contributed by atoms with E-state index in [1.807, 2.05) is 24.4 Å². The lowest BCUT2D eigenvalue weighted by atomic mass is 9.99. The fourth-order valence-electron chi connectivity index (χ4n) is 3.86. The quantitative estimate of drug-likeness (QED) is 0.602. The highest BCUT2D eigenvalue weighted by molar-refractivity contribution is 6.02. The van der Waals surface area contributed by atoms with Gasteiger partial charge in [0.05, 0.1) is 19.7 Å². The van der Waals surface area contributed by atoms with Crippen molar-refractivity contribution in [3.63, 3.8) is 0 Å². The minimum atomic E-state index is 0.763. The van der Waals surface area contributed by atoms with Gasteiger partial charge in [-0.05, 0) is 35.9 Å². The van der Waals surface area contributed by atoms with Crippen LogP contribution in [0.25, 0.3) is 16.3 Å². The first-order valence-electron chi connectivity index (χ1n) is 8.65. The fraction of sp³-hybridized carbons (Fsp3) is 0.130. The summed E-state index contributed by atoms with van der Waals surface area (Å²) < 4.78 is 0.763. The van der Waals surface area contributed by atoms with Gasteiger partial charge in [0.25, 0.3) is 0 Å². The Morgan fingerprint density at radius 1 is 0.840 bits per heavy atom. The Morgan fingerprint density at radius 2 is 1.56 bits per heavy atom. The Kier molecular flexibility index (Phi) is 3.70. The third-order valence-corrected chi connectivity index (χ3v) is 5.14. The van der Waals surface area contributed by atoms with E-state index in [0.717, 1.165) is 10.2 Å². The van der Waals surface area contributed by atoms with Gasteiger partial charge in [0.15, 0.2) is 0 Å². The topological polar surface area (TPSA) is 12.0 Å². The third-order valence-electron chi connectivity index (χ3n) is 5.14. The van der Waals surface area contributed by atoms with E-state index in [1.54, 1.807) is 0 Å². The predicted molar refractivity (Wildman–Crippen MR) is 109 cm³/mol. The fourth-order valence-corrected chi connectivity index (χ4v) is 3.86. The summed E-state index contributed by atoms with van der Waals surface area (Å²) in [6, 6.07) is 23.4. The number of hydrogen-bond donors (Lipinski definition) is 1. The Balaban J connectivity index is 1.77. The van der Waals surface area contributed by atoms with Crippen LogP contribution in [0, 0.1) is 0 Å². The standard InChI is InChI=1S/C23H23N2/c1-17-21(15-16-24-19-10-5-4-6-11-19)25(2,3)22-14-13-18-9-7-8-12-20(18)23(17)22/h4-16,24H,1-3H3/q+1. The molecule has 4 rings (SSSR count). The second-order valence-corrected chi connectivity index (χ2v) is 6.99. The molecule has 3 aromatic rings. The van der Waals surface area contributed by atoms with E-state index in [-0.39, 0.29) is 0 Å². The Morgan fingerprint density at radius 3 is 2.36 bits per heavy atom. The van der Waals surface area contributed by atoms with Crippen LogP contribution in [0.2, 0.25) is 0 Å². The van der Waals surface area contributed by atoms with Gasteiger partial charge in [-0.15, -0.1) is 0 Å². The predicted octanol–water partition coefficient (Wildman–Crippen LogP) is 5.78. The molecule has 124 valence electrons. The molecule has 0 aromatic heterocycles. The second-order valence-electron chi connectivity index (χ2n) is 6.99. The van der Waals surface area contributed by atoms with Gasteiger partial charge >= 0.3 is 0 Å². The van der Waals surface area contributed by atoms with Crippen molar-refractivity contribution in [2.75, 3.05) is 19.4 Å². The van der Waals surface area contributed by atoms with Crippen molar-refractivity contribution in [2.24, 2.45) is 0 Å².